The van der Waals surface area contributed by atoms with Gasteiger partial charge >= 0.3 is 0 Å². The Morgan fingerprint density at radius 2 is 2.00 bits per heavy atom. The van der Waals surface area contributed by atoms with E-state index in [0.717, 1.165) is 55.0 Å². The number of rotatable bonds is 7. The summed E-state index contributed by atoms with van der Waals surface area (Å²) < 4.78 is 5.89. The molecule has 4 rings (SSSR count). The van der Waals surface area contributed by atoms with E-state index in [1.54, 1.807) is 6.20 Å². The number of hydrogen-bond donors (Lipinski definition) is 0. The fourth-order valence-corrected chi connectivity index (χ4v) is 4.41. The van der Waals surface area contributed by atoms with Crippen molar-refractivity contribution in [3.05, 3.63) is 48.2 Å². The lowest BCUT2D eigenvalue weighted by atomic mass is 9.91. The van der Waals surface area contributed by atoms with Gasteiger partial charge < -0.3 is 4.74 Å². The molecule has 0 amide bonds. The van der Waals surface area contributed by atoms with E-state index in [1.807, 2.05) is 31.2 Å². The molecule has 0 bridgehead atoms. The number of aromatic nitrogens is 2. The van der Waals surface area contributed by atoms with E-state index in [-0.39, 0.29) is 0 Å². The predicted molar refractivity (Wildman–Crippen MR) is 112 cm³/mol. The Morgan fingerprint density at radius 3 is 2.71 bits per heavy atom. The molecule has 5 nitrogen and oxygen atoms in total. The first kappa shape index (κ1) is 19.0. The number of Topliss-reactive ketones (excluding diaryl/α,β-unsaturated/α-hetero) is 1. The van der Waals surface area contributed by atoms with Crippen LogP contribution in [-0.2, 0) is 11.3 Å². The number of nitrogens with zero attached hydrogens (tertiary/aromatic N) is 3. The average Bonchev–Trinajstić information content (AvgIpc) is 3.13. The molecule has 0 N–H and O–H groups in total. The number of fused-ring (bicyclic) bond motifs is 1. The molecule has 3 aromatic rings. The van der Waals surface area contributed by atoms with E-state index < -0.39 is 0 Å². The van der Waals surface area contributed by atoms with E-state index in [1.165, 1.54) is 16.9 Å². The molecule has 1 aromatic carbocycles. The van der Waals surface area contributed by atoms with Crippen molar-refractivity contribution in [2.24, 2.45) is 5.92 Å². The topological polar surface area (TPSA) is 55.3 Å². The minimum atomic E-state index is 0.401. The van der Waals surface area contributed by atoms with Gasteiger partial charge in [0, 0.05) is 25.6 Å². The van der Waals surface area contributed by atoms with Crippen LogP contribution in [0.1, 0.15) is 38.2 Å². The number of piperidine rings is 1. The van der Waals surface area contributed by atoms with Crippen molar-refractivity contribution in [3.8, 4) is 10.9 Å². The van der Waals surface area contributed by atoms with Gasteiger partial charge in [-0.05, 0) is 61.7 Å². The van der Waals surface area contributed by atoms with Crippen molar-refractivity contribution in [1.29, 1.82) is 0 Å². The summed E-state index contributed by atoms with van der Waals surface area (Å²) in [7, 11) is 0. The van der Waals surface area contributed by atoms with Crippen molar-refractivity contribution in [2.45, 2.75) is 39.2 Å². The Hall–Kier alpha value is -2.31. The maximum absolute atomic E-state index is 11.6. The Balaban J connectivity index is 1.29. The van der Waals surface area contributed by atoms with Crippen LogP contribution in [0.5, 0.6) is 10.9 Å². The maximum atomic E-state index is 11.6. The van der Waals surface area contributed by atoms with Gasteiger partial charge in [0.25, 0.3) is 5.19 Å². The van der Waals surface area contributed by atoms with Crippen LogP contribution >= 0.6 is 11.3 Å². The number of carbonyl (C=O) groups excluding carboxylic acids is 1. The normalized spacial score (nSPS) is 15.8. The van der Waals surface area contributed by atoms with Gasteiger partial charge in [-0.15, -0.1) is 0 Å². The molecule has 6 heteroatoms. The van der Waals surface area contributed by atoms with E-state index >= 15 is 0 Å². The smallest absolute Gasteiger partial charge is 0.281 e. The lowest BCUT2D eigenvalue weighted by molar-refractivity contribution is -0.120. The Bertz CT molecular complexity index is 897. The van der Waals surface area contributed by atoms with Gasteiger partial charge in [0.15, 0.2) is 0 Å². The monoisotopic (exact) mass is 395 g/mol. The van der Waals surface area contributed by atoms with Gasteiger partial charge in [-0.25, -0.2) is 9.97 Å². The van der Waals surface area contributed by atoms with Crippen LogP contribution in [0.25, 0.3) is 10.3 Å². The fourth-order valence-electron chi connectivity index (χ4n) is 3.63. The van der Waals surface area contributed by atoms with Gasteiger partial charge in [-0.2, -0.15) is 0 Å². The molecule has 0 atom stereocenters. The molecule has 0 spiro atoms. The third kappa shape index (κ3) is 4.75. The first-order valence-electron chi connectivity index (χ1n) is 9.92. The minimum Gasteiger partial charge on any atom is -0.431 e. The number of likely N-dealkylation sites (tertiary alicyclic amines) is 1. The Labute approximate surface area is 169 Å². The van der Waals surface area contributed by atoms with E-state index in [0.29, 0.717) is 23.3 Å². The summed E-state index contributed by atoms with van der Waals surface area (Å²) in [5, 5.41) is 0.616. The molecule has 3 heterocycles. The first-order chi connectivity index (χ1) is 13.7. The van der Waals surface area contributed by atoms with Crippen LogP contribution in [0.15, 0.2) is 42.6 Å². The number of carbonyl (C=O) groups is 1. The Morgan fingerprint density at radius 1 is 1.21 bits per heavy atom. The number of pyridine rings is 1. The summed E-state index contributed by atoms with van der Waals surface area (Å²) in [6.07, 6.45) is 5.44. The van der Waals surface area contributed by atoms with Crippen molar-refractivity contribution >= 4 is 27.5 Å². The molecule has 1 aliphatic rings. The van der Waals surface area contributed by atoms with Crippen LogP contribution in [-0.4, -0.2) is 33.7 Å². The molecule has 1 fully saturated rings. The van der Waals surface area contributed by atoms with Gasteiger partial charge in [0.05, 0.1) is 0 Å². The second-order valence-electron chi connectivity index (χ2n) is 7.37. The SMILES string of the molecule is CCC(=O)CC1CCN(Cc2ccc(Oc3nc4cccnc4s3)cc2)CC1. The van der Waals surface area contributed by atoms with Crippen LogP contribution < -0.4 is 4.74 Å². The van der Waals surface area contributed by atoms with E-state index in [4.69, 9.17) is 4.74 Å². The fraction of sp³-hybridized carbons (Fsp3) is 0.409. The summed E-state index contributed by atoms with van der Waals surface area (Å²) in [5.41, 5.74) is 2.14. The molecule has 0 saturated carbocycles. The number of ether oxygens (including phenoxy) is 1. The average molecular weight is 396 g/mol. The highest BCUT2D eigenvalue weighted by atomic mass is 32.1. The quantitative estimate of drug-likeness (QED) is 0.559. The number of thiazole rings is 1. The standard InChI is InChI=1S/C22H25N3O2S/c1-2-18(26)14-16-9-12-25(13-10-16)15-17-5-7-19(8-6-17)27-22-24-20-4-3-11-23-21(20)28-22/h3-8,11,16H,2,9-10,12-15H2,1H3. The number of hydrogen-bond acceptors (Lipinski definition) is 6. The highest BCUT2D eigenvalue weighted by Gasteiger charge is 2.21. The summed E-state index contributed by atoms with van der Waals surface area (Å²) in [4.78, 5) is 23.8. The Kier molecular flexibility index (Phi) is 5.98. The molecule has 0 radical (unpaired) electrons. The third-order valence-electron chi connectivity index (χ3n) is 5.30. The molecular formula is C22H25N3O2S. The first-order valence-corrected chi connectivity index (χ1v) is 10.7. The summed E-state index contributed by atoms with van der Waals surface area (Å²) in [5.74, 6) is 1.76. The van der Waals surface area contributed by atoms with Crippen LogP contribution in [0.4, 0.5) is 0 Å². The van der Waals surface area contributed by atoms with Crippen LogP contribution in [0.2, 0.25) is 0 Å². The zero-order chi connectivity index (χ0) is 19.3. The summed E-state index contributed by atoms with van der Waals surface area (Å²) in [6.45, 7) is 5.04. The molecule has 0 unspecified atom stereocenters. The van der Waals surface area contributed by atoms with Crippen molar-refractivity contribution in [1.82, 2.24) is 14.9 Å². The van der Waals surface area contributed by atoms with Crippen molar-refractivity contribution < 1.29 is 9.53 Å². The molecule has 1 aliphatic heterocycles. The number of benzene rings is 1. The third-order valence-corrected chi connectivity index (χ3v) is 6.16. The largest absolute Gasteiger partial charge is 0.431 e. The highest BCUT2D eigenvalue weighted by Crippen LogP contribution is 2.30. The predicted octanol–water partition coefficient (Wildman–Crippen LogP) is 5.06. The summed E-state index contributed by atoms with van der Waals surface area (Å²) >= 11 is 1.45. The second kappa shape index (κ2) is 8.80. The highest BCUT2D eigenvalue weighted by molar-refractivity contribution is 7.19. The lowest BCUT2D eigenvalue weighted by Crippen LogP contribution is -2.33. The van der Waals surface area contributed by atoms with Crippen molar-refractivity contribution in [2.75, 3.05) is 13.1 Å². The molecule has 2 aromatic heterocycles. The minimum absolute atomic E-state index is 0.401. The van der Waals surface area contributed by atoms with Gasteiger partial charge in [0.2, 0.25) is 0 Å². The molecule has 28 heavy (non-hydrogen) atoms. The molecule has 0 aliphatic carbocycles. The lowest BCUT2D eigenvalue weighted by Gasteiger charge is -2.31. The molecular weight excluding hydrogens is 370 g/mol. The van der Waals surface area contributed by atoms with Crippen LogP contribution in [0.3, 0.4) is 0 Å². The zero-order valence-electron chi connectivity index (χ0n) is 16.1. The summed E-state index contributed by atoms with van der Waals surface area (Å²) in [6, 6.07) is 12.1. The van der Waals surface area contributed by atoms with Crippen LogP contribution in [0, 0.1) is 5.92 Å². The van der Waals surface area contributed by atoms with E-state index in [2.05, 4.69) is 27.0 Å². The molecule has 146 valence electrons. The van der Waals surface area contributed by atoms with Gasteiger partial charge in [-0.1, -0.05) is 30.4 Å². The van der Waals surface area contributed by atoms with Gasteiger partial charge in [0.1, 0.15) is 21.9 Å². The number of ketones is 1. The maximum Gasteiger partial charge on any atom is 0.281 e. The van der Waals surface area contributed by atoms with E-state index in [9.17, 15) is 4.79 Å². The van der Waals surface area contributed by atoms with Crippen molar-refractivity contribution in [3.63, 3.8) is 0 Å². The second-order valence-corrected chi connectivity index (χ2v) is 8.31. The zero-order valence-corrected chi connectivity index (χ0v) is 17.0. The van der Waals surface area contributed by atoms with Gasteiger partial charge in [-0.3, -0.25) is 9.69 Å². The molecule has 1 saturated heterocycles.